The van der Waals surface area contributed by atoms with Crippen LogP contribution in [0.5, 0.6) is 0 Å². The third-order valence-electron chi connectivity index (χ3n) is 6.55. The van der Waals surface area contributed by atoms with Gasteiger partial charge >= 0.3 is 0 Å². The number of aryl methyl sites for hydroxylation is 1. The van der Waals surface area contributed by atoms with Crippen molar-refractivity contribution >= 4 is 28.8 Å². The van der Waals surface area contributed by atoms with Crippen molar-refractivity contribution in [2.45, 2.75) is 13.5 Å². The van der Waals surface area contributed by atoms with Crippen molar-refractivity contribution in [1.29, 1.82) is 0 Å². The Hall–Kier alpha value is -4.10. The second-order valence-corrected chi connectivity index (χ2v) is 9.37. The minimum atomic E-state index is -0.673. The molecule has 12 nitrogen and oxygen atoms in total. The standard InChI is InChI=1S/C25H30FN11O/c1-5-36-8-10-37(11-9-36)15-16-6-7-19(27-12-16)31-25-29-13-17(26)20(32-25)21-28-14-18-22(33-21)35(4)23(30-18)24(38)34(2)3/h6-7,12-14H,5,8-11,15H2,1-4H3,(H,27,29,31,32). The number of amides is 1. The van der Waals surface area contributed by atoms with Gasteiger partial charge in [0.1, 0.15) is 17.0 Å². The fraction of sp³-hybridized carbons (Fsp3) is 0.400. The Labute approximate surface area is 219 Å². The van der Waals surface area contributed by atoms with Gasteiger partial charge in [-0.2, -0.15) is 0 Å². The normalized spacial score (nSPS) is 14.7. The number of carbonyl (C=O) groups is 1. The van der Waals surface area contributed by atoms with E-state index in [4.69, 9.17) is 0 Å². The van der Waals surface area contributed by atoms with E-state index in [2.05, 4.69) is 51.9 Å². The number of imidazole rings is 1. The third-order valence-corrected chi connectivity index (χ3v) is 6.55. The number of fused-ring (bicyclic) bond motifs is 1. The van der Waals surface area contributed by atoms with Crippen LogP contribution in [0.4, 0.5) is 16.2 Å². The van der Waals surface area contributed by atoms with Crippen molar-refractivity contribution < 1.29 is 9.18 Å². The lowest BCUT2D eigenvalue weighted by Crippen LogP contribution is -2.45. The number of rotatable bonds is 7. The largest absolute Gasteiger partial charge is 0.342 e. The quantitative estimate of drug-likeness (QED) is 0.388. The van der Waals surface area contributed by atoms with Crippen LogP contribution >= 0.6 is 0 Å². The summed E-state index contributed by atoms with van der Waals surface area (Å²) < 4.78 is 16.3. The summed E-state index contributed by atoms with van der Waals surface area (Å²) in [7, 11) is 4.95. The molecular weight excluding hydrogens is 489 g/mol. The van der Waals surface area contributed by atoms with Gasteiger partial charge in [-0.15, -0.1) is 0 Å². The number of pyridine rings is 1. The number of anilines is 2. The van der Waals surface area contributed by atoms with Crippen LogP contribution in [-0.4, -0.2) is 102 Å². The van der Waals surface area contributed by atoms with Crippen molar-refractivity contribution in [3.8, 4) is 11.5 Å². The fourth-order valence-electron chi connectivity index (χ4n) is 4.30. The molecule has 5 rings (SSSR count). The average Bonchev–Trinajstić information content (AvgIpc) is 3.26. The van der Waals surface area contributed by atoms with Gasteiger partial charge in [0.2, 0.25) is 11.8 Å². The highest BCUT2D eigenvalue weighted by Crippen LogP contribution is 2.22. The van der Waals surface area contributed by atoms with Crippen LogP contribution in [0, 0.1) is 5.82 Å². The fourth-order valence-corrected chi connectivity index (χ4v) is 4.30. The highest BCUT2D eigenvalue weighted by atomic mass is 19.1. The molecule has 0 unspecified atom stereocenters. The zero-order valence-corrected chi connectivity index (χ0v) is 21.9. The van der Waals surface area contributed by atoms with E-state index in [1.165, 1.54) is 11.1 Å². The molecule has 0 bridgehead atoms. The zero-order valence-electron chi connectivity index (χ0n) is 21.9. The number of hydrogen-bond acceptors (Lipinski definition) is 10. The van der Waals surface area contributed by atoms with Gasteiger partial charge in [0.25, 0.3) is 5.91 Å². The number of aromatic nitrogens is 7. The van der Waals surface area contributed by atoms with E-state index in [1.54, 1.807) is 25.7 Å². The van der Waals surface area contributed by atoms with Crippen LogP contribution in [0.2, 0.25) is 0 Å². The van der Waals surface area contributed by atoms with E-state index in [0.717, 1.165) is 51.0 Å². The Morgan fingerprint density at radius 1 is 1.00 bits per heavy atom. The van der Waals surface area contributed by atoms with E-state index >= 15 is 0 Å². The minimum absolute atomic E-state index is 0.0544. The number of nitrogens with one attached hydrogen (secondary N) is 1. The molecule has 1 aliphatic heterocycles. The average molecular weight is 520 g/mol. The summed E-state index contributed by atoms with van der Waals surface area (Å²) in [5, 5.41) is 3.02. The van der Waals surface area contributed by atoms with E-state index < -0.39 is 5.82 Å². The molecule has 0 atom stereocenters. The summed E-state index contributed by atoms with van der Waals surface area (Å²) in [5.41, 5.74) is 1.85. The Bertz CT molecular complexity index is 1450. The van der Waals surface area contributed by atoms with Crippen molar-refractivity contribution in [1.82, 2.24) is 49.2 Å². The van der Waals surface area contributed by atoms with Crippen molar-refractivity contribution in [3.05, 3.63) is 47.9 Å². The molecule has 198 valence electrons. The van der Waals surface area contributed by atoms with Crippen LogP contribution in [-0.2, 0) is 13.6 Å². The molecule has 5 heterocycles. The highest BCUT2D eigenvalue weighted by Gasteiger charge is 2.21. The maximum Gasteiger partial charge on any atom is 0.289 e. The molecule has 13 heteroatoms. The summed E-state index contributed by atoms with van der Waals surface area (Å²) in [6.07, 6.45) is 4.33. The molecule has 4 aromatic rings. The monoisotopic (exact) mass is 519 g/mol. The number of likely N-dealkylation sites (N-methyl/N-ethyl adjacent to an activating group) is 1. The molecular formula is C25H30FN11O. The van der Waals surface area contributed by atoms with Crippen LogP contribution in [0.3, 0.4) is 0 Å². The van der Waals surface area contributed by atoms with Gasteiger partial charge in [0, 0.05) is 60.1 Å². The second kappa shape index (κ2) is 10.7. The maximum absolute atomic E-state index is 14.7. The minimum Gasteiger partial charge on any atom is -0.342 e. The molecule has 1 aliphatic rings. The first-order valence-corrected chi connectivity index (χ1v) is 12.4. The summed E-state index contributed by atoms with van der Waals surface area (Å²) in [4.78, 5) is 44.5. The van der Waals surface area contributed by atoms with Gasteiger partial charge in [0.05, 0.1) is 12.4 Å². The molecule has 1 amide bonds. The van der Waals surface area contributed by atoms with E-state index in [1.807, 2.05) is 18.3 Å². The van der Waals surface area contributed by atoms with E-state index in [9.17, 15) is 9.18 Å². The molecule has 0 aliphatic carbocycles. The van der Waals surface area contributed by atoms with Gasteiger partial charge in [-0.1, -0.05) is 13.0 Å². The van der Waals surface area contributed by atoms with Crippen LogP contribution in [0.1, 0.15) is 23.1 Å². The highest BCUT2D eigenvalue weighted by molar-refractivity contribution is 5.93. The smallest absolute Gasteiger partial charge is 0.289 e. The van der Waals surface area contributed by atoms with Crippen LogP contribution < -0.4 is 5.32 Å². The lowest BCUT2D eigenvalue weighted by Gasteiger charge is -2.33. The first-order valence-electron chi connectivity index (χ1n) is 12.4. The predicted octanol–water partition coefficient (Wildman–Crippen LogP) is 1.94. The van der Waals surface area contributed by atoms with Gasteiger partial charge in [0.15, 0.2) is 17.3 Å². The number of hydrogen-bond donors (Lipinski definition) is 1. The lowest BCUT2D eigenvalue weighted by molar-refractivity contribution is 0.0813. The molecule has 0 aromatic carbocycles. The number of carbonyl (C=O) groups excluding carboxylic acids is 1. The Balaban J connectivity index is 1.32. The van der Waals surface area contributed by atoms with Crippen molar-refractivity contribution in [2.75, 3.05) is 52.1 Å². The predicted molar refractivity (Wildman–Crippen MR) is 140 cm³/mol. The topological polar surface area (TPSA) is 121 Å². The summed E-state index contributed by atoms with van der Waals surface area (Å²) >= 11 is 0. The van der Waals surface area contributed by atoms with Crippen LogP contribution in [0.25, 0.3) is 22.7 Å². The van der Waals surface area contributed by atoms with E-state index in [-0.39, 0.29) is 29.2 Å². The van der Waals surface area contributed by atoms with Gasteiger partial charge in [-0.25, -0.2) is 34.3 Å². The molecule has 4 aromatic heterocycles. The third kappa shape index (κ3) is 5.29. The second-order valence-electron chi connectivity index (χ2n) is 9.37. The van der Waals surface area contributed by atoms with Crippen molar-refractivity contribution in [3.63, 3.8) is 0 Å². The van der Waals surface area contributed by atoms with Gasteiger partial charge < -0.3 is 19.7 Å². The molecule has 0 saturated carbocycles. The molecule has 0 radical (unpaired) electrons. The zero-order chi connectivity index (χ0) is 26.8. The van der Waals surface area contributed by atoms with Crippen molar-refractivity contribution in [2.24, 2.45) is 7.05 Å². The van der Waals surface area contributed by atoms with Gasteiger partial charge in [-0.3, -0.25) is 9.69 Å². The molecule has 0 spiro atoms. The van der Waals surface area contributed by atoms with Crippen LogP contribution in [0.15, 0.2) is 30.7 Å². The number of halogens is 1. The summed E-state index contributed by atoms with van der Waals surface area (Å²) in [5.74, 6) is 0.0161. The summed E-state index contributed by atoms with van der Waals surface area (Å²) in [6.45, 7) is 8.38. The number of nitrogens with zero attached hydrogens (tertiary/aromatic N) is 10. The molecule has 1 N–H and O–H groups in total. The summed E-state index contributed by atoms with van der Waals surface area (Å²) in [6, 6.07) is 3.86. The Morgan fingerprint density at radius 2 is 1.76 bits per heavy atom. The van der Waals surface area contributed by atoms with Gasteiger partial charge in [-0.05, 0) is 18.2 Å². The Kier molecular flexibility index (Phi) is 7.20. The Morgan fingerprint density at radius 3 is 2.45 bits per heavy atom. The lowest BCUT2D eigenvalue weighted by atomic mass is 10.2. The first-order chi connectivity index (χ1) is 18.3. The SMILES string of the molecule is CCN1CCN(Cc2ccc(Nc3ncc(F)c(-c4ncc5nc(C(=O)N(C)C)n(C)c5n4)n3)nc2)CC1. The van der Waals surface area contributed by atoms with E-state index in [0.29, 0.717) is 17.0 Å². The molecule has 1 saturated heterocycles. The maximum atomic E-state index is 14.7. The molecule has 38 heavy (non-hydrogen) atoms. The molecule has 1 fully saturated rings. The number of piperazine rings is 1. The first kappa shape index (κ1) is 25.5.